The number of carbonyl (C=O) groups is 2. The van der Waals surface area contributed by atoms with Gasteiger partial charge in [-0.25, -0.2) is 4.79 Å². The molecular formula is C20H23N3O2. The molecule has 5 heteroatoms. The highest BCUT2D eigenvalue weighted by Crippen LogP contribution is 2.13. The Hall–Kier alpha value is -2.82. The van der Waals surface area contributed by atoms with Crippen molar-refractivity contribution in [3.05, 3.63) is 71.3 Å². The Balaban J connectivity index is 1.50. The molecule has 1 aliphatic heterocycles. The van der Waals surface area contributed by atoms with E-state index in [9.17, 15) is 9.59 Å². The molecule has 0 aliphatic carbocycles. The minimum Gasteiger partial charge on any atom is -0.335 e. The van der Waals surface area contributed by atoms with Gasteiger partial charge in [0.05, 0.1) is 0 Å². The van der Waals surface area contributed by atoms with Crippen LogP contribution in [0, 0.1) is 6.92 Å². The number of piperazine rings is 1. The van der Waals surface area contributed by atoms with Gasteiger partial charge in [0.1, 0.15) is 0 Å². The number of nitrogens with zero attached hydrogens (tertiary/aromatic N) is 2. The van der Waals surface area contributed by atoms with E-state index in [0.29, 0.717) is 32.7 Å². The minimum atomic E-state index is -0.0770. The van der Waals surface area contributed by atoms with Crippen molar-refractivity contribution in [1.82, 2.24) is 15.1 Å². The average molecular weight is 337 g/mol. The zero-order valence-corrected chi connectivity index (χ0v) is 14.4. The molecule has 1 N–H and O–H groups in total. The number of urea groups is 1. The third-order valence-electron chi connectivity index (χ3n) is 4.52. The first-order valence-electron chi connectivity index (χ1n) is 8.57. The van der Waals surface area contributed by atoms with Gasteiger partial charge in [0.25, 0.3) is 5.91 Å². The number of aryl methyl sites for hydroxylation is 1. The summed E-state index contributed by atoms with van der Waals surface area (Å²) in [6.45, 7) is 4.69. The Labute approximate surface area is 148 Å². The fourth-order valence-corrected chi connectivity index (χ4v) is 2.98. The number of amides is 3. The lowest BCUT2D eigenvalue weighted by Gasteiger charge is -2.35. The summed E-state index contributed by atoms with van der Waals surface area (Å²) in [5.74, 6) is 0.0439. The first-order chi connectivity index (χ1) is 12.1. The third kappa shape index (κ3) is 4.18. The monoisotopic (exact) mass is 337 g/mol. The average Bonchev–Trinajstić information content (AvgIpc) is 2.67. The van der Waals surface area contributed by atoms with Crippen LogP contribution in [0.4, 0.5) is 4.79 Å². The van der Waals surface area contributed by atoms with Gasteiger partial charge >= 0.3 is 6.03 Å². The normalized spacial score (nSPS) is 14.3. The molecule has 2 aromatic rings. The molecule has 2 aromatic carbocycles. The Bertz CT molecular complexity index is 738. The second-order valence-electron chi connectivity index (χ2n) is 6.24. The van der Waals surface area contributed by atoms with Gasteiger partial charge in [0, 0.05) is 38.3 Å². The molecule has 0 saturated carbocycles. The Kier molecular flexibility index (Phi) is 5.33. The van der Waals surface area contributed by atoms with E-state index in [2.05, 4.69) is 5.32 Å². The Morgan fingerprint density at radius 1 is 0.880 bits per heavy atom. The largest absolute Gasteiger partial charge is 0.335 e. The fraction of sp³-hybridized carbons (Fsp3) is 0.300. The summed E-state index contributed by atoms with van der Waals surface area (Å²) in [5.41, 5.74) is 2.80. The Morgan fingerprint density at radius 3 is 2.16 bits per heavy atom. The van der Waals surface area contributed by atoms with Crippen LogP contribution in [-0.2, 0) is 6.54 Å². The molecule has 1 aliphatic rings. The van der Waals surface area contributed by atoms with Crippen molar-refractivity contribution in [3.63, 3.8) is 0 Å². The first kappa shape index (κ1) is 17.0. The van der Waals surface area contributed by atoms with Crippen LogP contribution in [0.1, 0.15) is 21.5 Å². The minimum absolute atomic E-state index is 0.0439. The number of benzene rings is 2. The molecule has 0 bridgehead atoms. The van der Waals surface area contributed by atoms with Crippen LogP contribution in [0.15, 0.2) is 54.6 Å². The van der Waals surface area contributed by atoms with E-state index >= 15 is 0 Å². The number of rotatable bonds is 3. The van der Waals surface area contributed by atoms with E-state index in [4.69, 9.17) is 0 Å². The van der Waals surface area contributed by atoms with Crippen molar-refractivity contribution >= 4 is 11.9 Å². The molecule has 1 saturated heterocycles. The van der Waals surface area contributed by atoms with Crippen LogP contribution in [0.25, 0.3) is 0 Å². The molecule has 1 heterocycles. The van der Waals surface area contributed by atoms with E-state index in [-0.39, 0.29) is 11.9 Å². The lowest BCUT2D eigenvalue weighted by Crippen LogP contribution is -2.53. The molecular weight excluding hydrogens is 314 g/mol. The maximum atomic E-state index is 12.6. The van der Waals surface area contributed by atoms with Crippen molar-refractivity contribution in [2.45, 2.75) is 13.5 Å². The quantitative estimate of drug-likeness (QED) is 0.936. The molecule has 0 radical (unpaired) electrons. The first-order valence-corrected chi connectivity index (χ1v) is 8.57. The standard InChI is InChI=1S/C20H23N3O2/c1-16-7-5-6-10-18(16)19(24)22-11-13-23(14-12-22)20(25)21-15-17-8-3-2-4-9-17/h2-10H,11-15H2,1H3,(H,21,25). The topological polar surface area (TPSA) is 52.7 Å². The molecule has 1 fully saturated rings. The molecule has 3 rings (SSSR count). The van der Waals surface area contributed by atoms with Gasteiger partial charge < -0.3 is 15.1 Å². The molecule has 0 spiro atoms. The maximum absolute atomic E-state index is 12.6. The van der Waals surface area contributed by atoms with Gasteiger partial charge in [-0.2, -0.15) is 0 Å². The third-order valence-corrected chi connectivity index (χ3v) is 4.52. The van der Waals surface area contributed by atoms with Crippen LogP contribution in [0.5, 0.6) is 0 Å². The molecule has 0 unspecified atom stereocenters. The van der Waals surface area contributed by atoms with Crippen LogP contribution in [0.3, 0.4) is 0 Å². The van der Waals surface area contributed by atoms with Crippen LogP contribution in [-0.4, -0.2) is 47.9 Å². The summed E-state index contributed by atoms with van der Waals surface area (Å²) in [4.78, 5) is 28.5. The predicted molar refractivity (Wildman–Crippen MR) is 97.3 cm³/mol. The highest BCUT2D eigenvalue weighted by Gasteiger charge is 2.25. The summed E-state index contributed by atoms with van der Waals surface area (Å²) < 4.78 is 0. The van der Waals surface area contributed by atoms with Gasteiger partial charge in [-0.3, -0.25) is 4.79 Å². The van der Waals surface area contributed by atoms with Crippen LogP contribution in [0.2, 0.25) is 0 Å². The van der Waals surface area contributed by atoms with E-state index in [1.807, 2.05) is 66.4 Å². The fourth-order valence-electron chi connectivity index (χ4n) is 2.98. The zero-order valence-electron chi connectivity index (χ0n) is 14.4. The van der Waals surface area contributed by atoms with Gasteiger partial charge in [0.2, 0.25) is 0 Å². The maximum Gasteiger partial charge on any atom is 0.317 e. The van der Waals surface area contributed by atoms with Crippen molar-refractivity contribution in [1.29, 1.82) is 0 Å². The van der Waals surface area contributed by atoms with Gasteiger partial charge in [0.15, 0.2) is 0 Å². The van der Waals surface area contributed by atoms with E-state index in [1.54, 1.807) is 4.90 Å². The summed E-state index contributed by atoms with van der Waals surface area (Å²) in [5, 5.41) is 2.94. The highest BCUT2D eigenvalue weighted by molar-refractivity contribution is 5.95. The van der Waals surface area contributed by atoms with E-state index < -0.39 is 0 Å². The molecule has 5 nitrogen and oxygen atoms in total. The number of hydrogen-bond acceptors (Lipinski definition) is 2. The smallest absolute Gasteiger partial charge is 0.317 e. The lowest BCUT2D eigenvalue weighted by molar-refractivity contribution is 0.0664. The van der Waals surface area contributed by atoms with E-state index in [1.165, 1.54) is 0 Å². The molecule has 0 atom stereocenters. The zero-order chi connectivity index (χ0) is 17.6. The van der Waals surface area contributed by atoms with Crippen molar-refractivity contribution in [3.8, 4) is 0 Å². The number of hydrogen-bond donors (Lipinski definition) is 1. The summed E-state index contributed by atoms with van der Waals surface area (Å²) >= 11 is 0. The molecule has 25 heavy (non-hydrogen) atoms. The Morgan fingerprint density at radius 2 is 1.48 bits per heavy atom. The molecule has 0 aromatic heterocycles. The van der Waals surface area contributed by atoms with Gasteiger partial charge in [-0.05, 0) is 24.1 Å². The molecule has 3 amide bonds. The summed E-state index contributed by atoms with van der Waals surface area (Å²) in [7, 11) is 0. The SMILES string of the molecule is Cc1ccccc1C(=O)N1CCN(C(=O)NCc2ccccc2)CC1. The van der Waals surface area contributed by atoms with Crippen molar-refractivity contribution < 1.29 is 9.59 Å². The van der Waals surface area contributed by atoms with Crippen molar-refractivity contribution in [2.24, 2.45) is 0 Å². The van der Waals surface area contributed by atoms with E-state index in [0.717, 1.165) is 16.7 Å². The second-order valence-corrected chi connectivity index (χ2v) is 6.24. The summed E-state index contributed by atoms with van der Waals surface area (Å²) in [6, 6.07) is 17.4. The van der Waals surface area contributed by atoms with Crippen LogP contribution >= 0.6 is 0 Å². The van der Waals surface area contributed by atoms with Crippen LogP contribution < -0.4 is 5.32 Å². The lowest BCUT2D eigenvalue weighted by atomic mass is 10.1. The van der Waals surface area contributed by atoms with Gasteiger partial charge in [-0.15, -0.1) is 0 Å². The van der Waals surface area contributed by atoms with Crippen molar-refractivity contribution in [2.75, 3.05) is 26.2 Å². The highest BCUT2D eigenvalue weighted by atomic mass is 16.2. The predicted octanol–water partition coefficient (Wildman–Crippen LogP) is 2.66. The number of carbonyl (C=O) groups excluding carboxylic acids is 2. The molecule has 130 valence electrons. The second kappa shape index (κ2) is 7.83. The van der Waals surface area contributed by atoms with Gasteiger partial charge in [-0.1, -0.05) is 48.5 Å². The number of nitrogens with one attached hydrogen (secondary N) is 1. The summed E-state index contributed by atoms with van der Waals surface area (Å²) in [6.07, 6.45) is 0.